The van der Waals surface area contributed by atoms with Crippen molar-refractivity contribution in [2.75, 3.05) is 0 Å². The number of nitrogens with one attached hydrogen (secondary N) is 1. The van der Waals surface area contributed by atoms with Crippen LogP contribution in [0.25, 0.3) is 0 Å². The lowest BCUT2D eigenvalue weighted by molar-refractivity contribution is 1.02. The molecule has 1 heterocycles. The van der Waals surface area contributed by atoms with E-state index in [1.54, 1.807) is 0 Å². The fraction of sp³-hybridized carbons (Fsp3) is 0.571. The SMILES string of the molecule is CCc1c(C)n[nH]c1C.N. The van der Waals surface area contributed by atoms with Gasteiger partial charge >= 0.3 is 0 Å². The molecule has 0 aliphatic heterocycles. The molecular weight excluding hydrogens is 126 g/mol. The number of hydrogen-bond acceptors (Lipinski definition) is 2. The van der Waals surface area contributed by atoms with Crippen molar-refractivity contribution >= 4 is 0 Å². The minimum atomic E-state index is 0. The number of aromatic amines is 1. The second kappa shape index (κ2) is 3.37. The highest BCUT2D eigenvalue weighted by molar-refractivity contribution is 5.22. The number of aryl methyl sites for hydroxylation is 2. The van der Waals surface area contributed by atoms with E-state index in [0.29, 0.717) is 0 Å². The van der Waals surface area contributed by atoms with Crippen LogP contribution in [0.5, 0.6) is 0 Å². The molecule has 4 N–H and O–H groups in total. The van der Waals surface area contributed by atoms with Crippen LogP contribution < -0.4 is 6.15 Å². The third-order valence-corrected chi connectivity index (χ3v) is 1.63. The van der Waals surface area contributed by atoms with Gasteiger partial charge < -0.3 is 6.15 Å². The number of aromatic nitrogens is 2. The quantitative estimate of drug-likeness (QED) is 0.625. The molecule has 1 aromatic heterocycles. The summed E-state index contributed by atoms with van der Waals surface area (Å²) in [6.07, 6.45) is 1.08. The predicted octanol–water partition coefficient (Wildman–Crippen LogP) is 1.75. The Balaban J connectivity index is 0.000000810. The molecule has 0 amide bonds. The topological polar surface area (TPSA) is 63.7 Å². The van der Waals surface area contributed by atoms with Gasteiger partial charge in [-0.3, -0.25) is 5.10 Å². The Kier molecular flexibility index (Phi) is 3.09. The van der Waals surface area contributed by atoms with Gasteiger partial charge in [-0.25, -0.2) is 0 Å². The smallest absolute Gasteiger partial charge is 0.0625 e. The summed E-state index contributed by atoms with van der Waals surface area (Å²) in [5.41, 5.74) is 3.69. The standard InChI is InChI=1S/C7H12N2.H3N/c1-4-7-5(2)8-9-6(7)3;/h4H2,1-3H3,(H,8,9);1H3. The first-order chi connectivity index (χ1) is 4.25. The molecule has 1 rings (SSSR count). The van der Waals surface area contributed by atoms with Crippen LogP contribution >= 0.6 is 0 Å². The lowest BCUT2D eigenvalue weighted by Gasteiger charge is -1.91. The highest BCUT2D eigenvalue weighted by Gasteiger charge is 2.00. The summed E-state index contributed by atoms with van der Waals surface area (Å²) in [5, 5.41) is 7.00. The van der Waals surface area contributed by atoms with E-state index in [1.165, 1.54) is 11.3 Å². The van der Waals surface area contributed by atoms with E-state index in [2.05, 4.69) is 24.0 Å². The molecule has 58 valence electrons. The number of hydrogen-bond donors (Lipinski definition) is 2. The van der Waals surface area contributed by atoms with Crippen molar-refractivity contribution in [3.63, 3.8) is 0 Å². The fourth-order valence-electron chi connectivity index (χ4n) is 1.10. The Labute approximate surface area is 61.4 Å². The maximum atomic E-state index is 4.06. The van der Waals surface area contributed by atoms with E-state index in [0.717, 1.165) is 12.1 Å². The van der Waals surface area contributed by atoms with Crippen molar-refractivity contribution in [1.82, 2.24) is 16.3 Å². The van der Waals surface area contributed by atoms with Gasteiger partial charge in [-0.1, -0.05) is 6.92 Å². The predicted molar refractivity (Wildman–Crippen MR) is 42.5 cm³/mol. The van der Waals surface area contributed by atoms with Crippen LogP contribution in [0.2, 0.25) is 0 Å². The molecule has 0 unspecified atom stereocenters. The minimum absolute atomic E-state index is 0. The lowest BCUT2D eigenvalue weighted by Crippen LogP contribution is -1.82. The van der Waals surface area contributed by atoms with Crippen molar-refractivity contribution in [3.8, 4) is 0 Å². The van der Waals surface area contributed by atoms with Gasteiger partial charge in [-0.15, -0.1) is 0 Å². The zero-order valence-electron chi connectivity index (χ0n) is 6.86. The maximum absolute atomic E-state index is 4.06. The molecule has 0 aliphatic rings. The molecular formula is C7H15N3. The van der Waals surface area contributed by atoms with Crippen molar-refractivity contribution in [2.45, 2.75) is 27.2 Å². The van der Waals surface area contributed by atoms with Crippen molar-refractivity contribution < 1.29 is 0 Å². The Morgan fingerprint density at radius 1 is 1.40 bits per heavy atom. The van der Waals surface area contributed by atoms with Crippen LogP contribution in [0, 0.1) is 13.8 Å². The number of H-pyrrole nitrogens is 1. The Morgan fingerprint density at radius 2 is 2.00 bits per heavy atom. The summed E-state index contributed by atoms with van der Waals surface area (Å²) >= 11 is 0. The average Bonchev–Trinajstić information content (AvgIpc) is 2.12. The van der Waals surface area contributed by atoms with Gasteiger partial charge in [0, 0.05) is 5.69 Å². The molecule has 1 aromatic rings. The lowest BCUT2D eigenvalue weighted by atomic mass is 10.1. The molecule has 0 atom stereocenters. The first-order valence-corrected chi connectivity index (χ1v) is 3.26. The normalized spacial score (nSPS) is 9.10. The second-order valence-corrected chi connectivity index (χ2v) is 2.27. The Bertz CT molecular complexity index is 183. The van der Waals surface area contributed by atoms with Gasteiger partial charge in [0.25, 0.3) is 0 Å². The summed E-state index contributed by atoms with van der Waals surface area (Å²) < 4.78 is 0. The van der Waals surface area contributed by atoms with E-state index in [4.69, 9.17) is 0 Å². The molecule has 0 bridgehead atoms. The van der Waals surface area contributed by atoms with Gasteiger partial charge in [-0.2, -0.15) is 5.10 Å². The molecule has 0 saturated carbocycles. The van der Waals surface area contributed by atoms with Crippen molar-refractivity contribution in [2.24, 2.45) is 0 Å². The monoisotopic (exact) mass is 141 g/mol. The molecule has 0 saturated heterocycles. The van der Waals surface area contributed by atoms with Crippen LogP contribution in [-0.4, -0.2) is 10.2 Å². The van der Waals surface area contributed by atoms with Crippen LogP contribution in [0.3, 0.4) is 0 Å². The molecule has 10 heavy (non-hydrogen) atoms. The van der Waals surface area contributed by atoms with Gasteiger partial charge in [0.15, 0.2) is 0 Å². The van der Waals surface area contributed by atoms with Gasteiger partial charge in [-0.05, 0) is 25.8 Å². The number of rotatable bonds is 1. The molecule has 0 aromatic carbocycles. The largest absolute Gasteiger partial charge is 0.344 e. The summed E-state index contributed by atoms with van der Waals surface area (Å²) in [5.74, 6) is 0. The average molecular weight is 141 g/mol. The Morgan fingerprint density at radius 3 is 2.20 bits per heavy atom. The first kappa shape index (κ1) is 9.17. The van der Waals surface area contributed by atoms with Gasteiger partial charge in [0.2, 0.25) is 0 Å². The highest BCUT2D eigenvalue weighted by atomic mass is 15.1. The molecule has 0 radical (unpaired) electrons. The third-order valence-electron chi connectivity index (χ3n) is 1.63. The van der Waals surface area contributed by atoms with Crippen LogP contribution in [-0.2, 0) is 6.42 Å². The summed E-state index contributed by atoms with van der Waals surface area (Å²) in [6, 6.07) is 0. The molecule has 0 aliphatic carbocycles. The third kappa shape index (κ3) is 1.36. The maximum Gasteiger partial charge on any atom is 0.0625 e. The van der Waals surface area contributed by atoms with E-state index in [1.807, 2.05) is 6.92 Å². The highest BCUT2D eigenvalue weighted by Crippen LogP contribution is 2.08. The van der Waals surface area contributed by atoms with E-state index >= 15 is 0 Å². The second-order valence-electron chi connectivity index (χ2n) is 2.27. The van der Waals surface area contributed by atoms with Gasteiger partial charge in [0.1, 0.15) is 0 Å². The zero-order chi connectivity index (χ0) is 6.85. The molecule has 0 fully saturated rings. The van der Waals surface area contributed by atoms with E-state index in [9.17, 15) is 0 Å². The van der Waals surface area contributed by atoms with E-state index in [-0.39, 0.29) is 6.15 Å². The van der Waals surface area contributed by atoms with Crippen molar-refractivity contribution in [1.29, 1.82) is 0 Å². The minimum Gasteiger partial charge on any atom is -0.344 e. The molecule has 3 nitrogen and oxygen atoms in total. The first-order valence-electron chi connectivity index (χ1n) is 3.26. The molecule has 0 spiro atoms. The van der Waals surface area contributed by atoms with Crippen molar-refractivity contribution in [3.05, 3.63) is 17.0 Å². The van der Waals surface area contributed by atoms with Crippen LogP contribution in [0.4, 0.5) is 0 Å². The molecule has 3 heteroatoms. The summed E-state index contributed by atoms with van der Waals surface area (Å²) in [6.45, 7) is 6.23. The Hall–Kier alpha value is -0.830. The summed E-state index contributed by atoms with van der Waals surface area (Å²) in [7, 11) is 0. The van der Waals surface area contributed by atoms with Crippen LogP contribution in [0.15, 0.2) is 0 Å². The zero-order valence-corrected chi connectivity index (χ0v) is 6.86. The van der Waals surface area contributed by atoms with E-state index < -0.39 is 0 Å². The number of nitrogens with zero attached hydrogens (tertiary/aromatic N) is 1. The summed E-state index contributed by atoms with van der Waals surface area (Å²) in [4.78, 5) is 0. The van der Waals surface area contributed by atoms with Crippen LogP contribution in [0.1, 0.15) is 23.9 Å². The van der Waals surface area contributed by atoms with Gasteiger partial charge in [0.05, 0.1) is 5.69 Å². The fourth-order valence-corrected chi connectivity index (χ4v) is 1.10.